The summed E-state index contributed by atoms with van der Waals surface area (Å²) in [5, 5.41) is 8.89. The van der Waals surface area contributed by atoms with Crippen molar-refractivity contribution < 1.29 is 5.11 Å². The van der Waals surface area contributed by atoms with E-state index < -0.39 is 0 Å². The van der Waals surface area contributed by atoms with E-state index in [1.807, 2.05) is 0 Å². The highest BCUT2D eigenvalue weighted by molar-refractivity contribution is 4.87. The first kappa shape index (κ1) is 10.4. The summed E-state index contributed by atoms with van der Waals surface area (Å²) in [5.41, 5.74) is 5.74. The molecule has 82 valence electrons. The summed E-state index contributed by atoms with van der Waals surface area (Å²) >= 11 is 0. The first-order chi connectivity index (χ1) is 6.79. The molecule has 2 fully saturated rings. The molecule has 4 nitrogen and oxygen atoms in total. The second-order valence-electron chi connectivity index (χ2n) is 4.53. The fraction of sp³-hybridized carbons (Fsp3) is 1.00. The van der Waals surface area contributed by atoms with Gasteiger partial charge < -0.3 is 10.8 Å². The van der Waals surface area contributed by atoms with E-state index in [0.29, 0.717) is 0 Å². The number of nitrogens with zero attached hydrogens (tertiary/aromatic N) is 2. The molecule has 2 saturated heterocycles. The van der Waals surface area contributed by atoms with Gasteiger partial charge >= 0.3 is 0 Å². The quantitative estimate of drug-likeness (QED) is 0.617. The Morgan fingerprint density at radius 3 is 3.00 bits per heavy atom. The van der Waals surface area contributed by atoms with Crippen LogP contribution in [0.15, 0.2) is 0 Å². The van der Waals surface area contributed by atoms with Gasteiger partial charge in [0.2, 0.25) is 0 Å². The number of fused-ring (bicyclic) bond motifs is 1. The summed E-state index contributed by atoms with van der Waals surface area (Å²) < 4.78 is 0. The number of rotatable bonds is 3. The van der Waals surface area contributed by atoms with Crippen molar-refractivity contribution in [2.45, 2.75) is 24.9 Å². The van der Waals surface area contributed by atoms with E-state index in [9.17, 15) is 0 Å². The molecule has 4 heteroatoms. The molecule has 2 rings (SSSR count). The van der Waals surface area contributed by atoms with Crippen LogP contribution in [0.3, 0.4) is 0 Å². The fourth-order valence-corrected chi connectivity index (χ4v) is 2.61. The lowest BCUT2D eigenvalue weighted by Gasteiger charge is -2.38. The van der Waals surface area contributed by atoms with Crippen LogP contribution in [-0.4, -0.2) is 66.3 Å². The Morgan fingerprint density at radius 1 is 1.36 bits per heavy atom. The zero-order chi connectivity index (χ0) is 9.97. The van der Waals surface area contributed by atoms with Gasteiger partial charge in [0.05, 0.1) is 6.61 Å². The lowest BCUT2D eigenvalue weighted by molar-refractivity contribution is 0.0926. The van der Waals surface area contributed by atoms with Gasteiger partial charge in [0.15, 0.2) is 0 Å². The van der Waals surface area contributed by atoms with Gasteiger partial charge in [-0.1, -0.05) is 0 Å². The minimum Gasteiger partial charge on any atom is -0.395 e. The monoisotopic (exact) mass is 199 g/mol. The first-order valence-electron chi connectivity index (χ1n) is 5.62. The lowest BCUT2D eigenvalue weighted by Crippen LogP contribution is -2.53. The number of hydrogen-bond donors (Lipinski definition) is 2. The van der Waals surface area contributed by atoms with Crippen LogP contribution in [0.2, 0.25) is 0 Å². The largest absolute Gasteiger partial charge is 0.395 e. The molecular formula is C10H21N3O. The van der Waals surface area contributed by atoms with E-state index >= 15 is 0 Å². The van der Waals surface area contributed by atoms with Gasteiger partial charge in [-0.15, -0.1) is 0 Å². The van der Waals surface area contributed by atoms with Crippen molar-refractivity contribution in [2.24, 2.45) is 5.73 Å². The van der Waals surface area contributed by atoms with E-state index in [-0.39, 0.29) is 12.6 Å². The molecule has 2 atom stereocenters. The second-order valence-corrected chi connectivity index (χ2v) is 4.53. The minimum atomic E-state index is -0.0667. The Balaban J connectivity index is 1.79. The van der Waals surface area contributed by atoms with Crippen LogP contribution >= 0.6 is 0 Å². The highest BCUT2D eigenvalue weighted by Crippen LogP contribution is 2.21. The Bertz CT molecular complexity index is 188. The van der Waals surface area contributed by atoms with Crippen molar-refractivity contribution in [1.82, 2.24) is 9.80 Å². The van der Waals surface area contributed by atoms with Crippen LogP contribution in [0.5, 0.6) is 0 Å². The SMILES string of the molecule is NC(CO)CN1CCN2CCCC2C1. The highest BCUT2D eigenvalue weighted by atomic mass is 16.3. The molecule has 2 aliphatic heterocycles. The smallest absolute Gasteiger partial charge is 0.0595 e. The van der Waals surface area contributed by atoms with E-state index in [0.717, 1.165) is 25.7 Å². The summed E-state index contributed by atoms with van der Waals surface area (Å²) in [5.74, 6) is 0. The van der Waals surface area contributed by atoms with Gasteiger partial charge in [0, 0.05) is 38.3 Å². The molecule has 2 aliphatic rings. The predicted molar refractivity (Wildman–Crippen MR) is 56.1 cm³/mol. The predicted octanol–water partition coefficient (Wildman–Crippen LogP) is -0.914. The van der Waals surface area contributed by atoms with Crippen molar-refractivity contribution in [3.8, 4) is 0 Å². The average molecular weight is 199 g/mol. The molecule has 0 bridgehead atoms. The molecule has 0 aromatic carbocycles. The zero-order valence-corrected chi connectivity index (χ0v) is 8.73. The van der Waals surface area contributed by atoms with Gasteiger partial charge in [-0.05, 0) is 19.4 Å². The van der Waals surface area contributed by atoms with Gasteiger partial charge in [0.1, 0.15) is 0 Å². The minimum absolute atomic E-state index is 0.0667. The summed E-state index contributed by atoms with van der Waals surface area (Å²) in [7, 11) is 0. The molecule has 0 amide bonds. The van der Waals surface area contributed by atoms with Gasteiger partial charge in [-0.2, -0.15) is 0 Å². The third-order valence-corrected chi connectivity index (χ3v) is 3.40. The maximum Gasteiger partial charge on any atom is 0.0595 e. The number of hydrogen-bond acceptors (Lipinski definition) is 4. The van der Waals surface area contributed by atoms with Gasteiger partial charge in [0.25, 0.3) is 0 Å². The van der Waals surface area contributed by atoms with Gasteiger partial charge in [-0.3, -0.25) is 9.80 Å². The fourth-order valence-electron chi connectivity index (χ4n) is 2.61. The first-order valence-corrected chi connectivity index (χ1v) is 5.62. The van der Waals surface area contributed by atoms with Crippen LogP contribution in [0.4, 0.5) is 0 Å². The summed E-state index contributed by atoms with van der Waals surface area (Å²) in [6, 6.07) is 0.692. The Morgan fingerprint density at radius 2 is 2.21 bits per heavy atom. The van der Waals surface area contributed by atoms with E-state index in [4.69, 9.17) is 10.8 Å². The molecule has 3 N–H and O–H groups in total. The standard InChI is InChI=1S/C10H21N3O/c11-9(8-14)6-12-4-5-13-3-1-2-10(13)7-12/h9-10,14H,1-8,11H2. The average Bonchev–Trinajstić information content (AvgIpc) is 2.64. The molecule has 2 unspecified atom stereocenters. The number of piperazine rings is 1. The Labute approximate surface area is 85.7 Å². The Kier molecular flexibility index (Phi) is 3.38. The second kappa shape index (κ2) is 4.57. The summed E-state index contributed by atoms with van der Waals surface area (Å²) in [4.78, 5) is 4.98. The number of aliphatic hydroxyl groups is 1. The van der Waals surface area contributed by atoms with Crippen molar-refractivity contribution in [3.05, 3.63) is 0 Å². The molecule has 2 heterocycles. The molecule has 0 saturated carbocycles. The zero-order valence-electron chi connectivity index (χ0n) is 8.73. The molecule has 0 spiro atoms. The van der Waals surface area contributed by atoms with Crippen LogP contribution in [0.1, 0.15) is 12.8 Å². The maximum atomic E-state index is 8.89. The summed E-state index contributed by atoms with van der Waals surface area (Å²) in [6.45, 7) is 5.68. The van der Waals surface area contributed by atoms with Crippen LogP contribution in [0, 0.1) is 0 Å². The van der Waals surface area contributed by atoms with Crippen molar-refractivity contribution in [1.29, 1.82) is 0 Å². The highest BCUT2D eigenvalue weighted by Gasteiger charge is 2.30. The normalized spacial score (nSPS) is 31.7. The van der Waals surface area contributed by atoms with Crippen LogP contribution in [0.25, 0.3) is 0 Å². The molecule has 0 aromatic rings. The molecule has 0 radical (unpaired) electrons. The number of aliphatic hydroxyl groups excluding tert-OH is 1. The lowest BCUT2D eigenvalue weighted by atomic mass is 10.1. The third kappa shape index (κ3) is 2.25. The van der Waals surface area contributed by atoms with Crippen LogP contribution < -0.4 is 5.73 Å². The van der Waals surface area contributed by atoms with Crippen LogP contribution in [-0.2, 0) is 0 Å². The molecule has 0 aliphatic carbocycles. The van der Waals surface area contributed by atoms with Crippen molar-refractivity contribution in [2.75, 3.05) is 39.3 Å². The molecular weight excluding hydrogens is 178 g/mol. The van der Waals surface area contributed by atoms with Crippen molar-refractivity contribution in [3.63, 3.8) is 0 Å². The van der Waals surface area contributed by atoms with E-state index in [2.05, 4.69) is 9.80 Å². The molecule has 0 aromatic heterocycles. The van der Waals surface area contributed by atoms with Gasteiger partial charge in [-0.25, -0.2) is 0 Å². The van der Waals surface area contributed by atoms with E-state index in [1.54, 1.807) is 0 Å². The number of nitrogens with two attached hydrogens (primary N) is 1. The third-order valence-electron chi connectivity index (χ3n) is 3.40. The van der Waals surface area contributed by atoms with Crippen molar-refractivity contribution >= 4 is 0 Å². The topological polar surface area (TPSA) is 52.7 Å². The maximum absolute atomic E-state index is 8.89. The van der Waals surface area contributed by atoms with E-state index in [1.165, 1.54) is 25.9 Å². The Hall–Kier alpha value is -0.160. The summed E-state index contributed by atoms with van der Waals surface area (Å²) in [6.07, 6.45) is 2.69. The molecule has 14 heavy (non-hydrogen) atoms.